The molecule has 1 aromatic rings. The fraction of sp³-hybridized carbons (Fsp3) is 0.500. The average molecular weight is 353 g/mol. The van der Waals surface area contributed by atoms with Gasteiger partial charge in [0.15, 0.2) is 0 Å². The summed E-state index contributed by atoms with van der Waals surface area (Å²) in [6.45, 7) is 0.781. The molecule has 0 spiro atoms. The van der Waals surface area contributed by atoms with E-state index in [1.165, 1.54) is 4.31 Å². The number of sulfonamides is 1. The number of hydrogen-bond acceptors (Lipinski definition) is 6. The Labute approximate surface area is 140 Å². The number of carbonyl (C=O) groups is 2. The van der Waals surface area contributed by atoms with E-state index in [2.05, 4.69) is 0 Å². The van der Waals surface area contributed by atoms with Crippen LogP contribution in [0, 0.1) is 5.92 Å². The number of esters is 2. The molecule has 0 saturated carbocycles. The molecule has 0 bridgehead atoms. The predicted molar refractivity (Wildman–Crippen MR) is 83.4 cm³/mol. The molecule has 1 aromatic carbocycles. The van der Waals surface area contributed by atoms with E-state index < -0.39 is 28.1 Å². The zero-order valence-electron chi connectivity index (χ0n) is 13.1. The van der Waals surface area contributed by atoms with Crippen molar-refractivity contribution in [1.82, 2.24) is 4.31 Å². The highest BCUT2D eigenvalue weighted by atomic mass is 32.2. The van der Waals surface area contributed by atoms with Crippen molar-refractivity contribution in [2.75, 3.05) is 19.7 Å². The monoisotopic (exact) mass is 353 g/mol. The van der Waals surface area contributed by atoms with Crippen LogP contribution in [0.3, 0.4) is 0 Å². The maximum Gasteiger partial charge on any atom is 0.347 e. The van der Waals surface area contributed by atoms with E-state index in [9.17, 15) is 18.0 Å². The third-order valence-electron chi connectivity index (χ3n) is 4.31. The lowest BCUT2D eigenvalue weighted by atomic mass is 9.98. The second-order valence-electron chi connectivity index (χ2n) is 5.87. The van der Waals surface area contributed by atoms with Crippen LogP contribution in [0.25, 0.3) is 0 Å². The van der Waals surface area contributed by atoms with Gasteiger partial charge >= 0.3 is 11.9 Å². The van der Waals surface area contributed by atoms with Gasteiger partial charge in [-0.2, -0.15) is 4.31 Å². The third kappa shape index (κ3) is 3.44. The fourth-order valence-electron chi connectivity index (χ4n) is 2.89. The van der Waals surface area contributed by atoms with Crippen LogP contribution in [-0.4, -0.2) is 50.5 Å². The van der Waals surface area contributed by atoms with Crippen LogP contribution in [0.1, 0.15) is 19.3 Å². The van der Waals surface area contributed by atoms with Crippen molar-refractivity contribution in [2.24, 2.45) is 5.92 Å². The van der Waals surface area contributed by atoms with Gasteiger partial charge in [0.25, 0.3) is 0 Å². The molecule has 7 nitrogen and oxygen atoms in total. The molecular weight excluding hydrogens is 334 g/mol. The van der Waals surface area contributed by atoms with Gasteiger partial charge in [0.1, 0.15) is 0 Å². The van der Waals surface area contributed by atoms with Gasteiger partial charge in [0.05, 0.1) is 17.4 Å². The number of piperidine rings is 1. The van der Waals surface area contributed by atoms with E-state index in [1.807, 2.05) is 0 Å². The summed E-state index contributed by atoms with van der Waals surface area (Å²) in [6.07, 6.45) is 0.328. The number of nitrogens with zero attached hydrogens (tertiary/aromatic N) is 1. The van der Waals surface area contributed by atoms with Crippen molar-refractivity contribution in [3.05, 3.63) is 30.3 Å². The third-order valence-corrected chi connectivity index (χ3v) is 6.23. The summed E-state index contributed by atoms with van der Waals surface area (Å²) in [5.41, 5.74) is 0. The van der Waals surface area contributed by atoms with Crippen molar-refractivity contribution in [1.29, 1.82) is 0 Å². The van der Waals surface area contributed by atoms with Gasteiger partial charge in [-0.3, -0.25) is 4.79 Å². The molecule has 2 aliphatic heterocycles. The smallest absolute Gasteiger partial charge is 0.347 e. The van der Waals surface area contributed by atoms with Gasteiger partial charge in [-0.25, -0.2) is 13.2 Å². The number of cyclic esters (lactones) is 1. The molecule has 2 saturated heterocycles. The van der Waals surface area contributed by atoms with Crippen LogP contribution in [0.4, 0.5) is 0 Å². The molecule has 0 radical (unpaired) electrons. The number of benzene rings is 1. The van der Waals surface area contributed by atoms with Gasteiger partial charge in [-0.15, -0.1) is 0 Å². The molecule has 1 atom stereocenters. The summed E-state index contributed by atoms with van der Waals surface area (Å²) < 4.78 is 36.4. The molecule has 3 rings (SSSR count). The highest BCUT2D eigenvalue weighted by molar-refractivity contribution is 7.89. The lowest BCUT2D eigenvalue weighted by Crippen LogP contribution is -2.41. The topological polar surface area (TPSA) is 90.0 Å². The highest BCUT2D eigenvalue weighted by Crippen LogP contribution is 2.25. The number of ether oxygens (including phenoxy) is 2. The Hall–Kier alpha value is -1.93. The Kier molecular flexibility index (Phi) is 4.86. The molecule has 130 valence electrons. The van der Waals surface area contributed by atoms with Crippen LogP contribution in [0.5, 0.6) is 0 Å². The van der Waals surface area contributed by atoms with Gasteiger partial charge < -0.3 is 9.47 Å². The van der Waals surface area contributed by atoms with Crippen LogP contribution in [-0.2, 0) is 29.1 Å². The van der Waals surface area contributed by atoms with E-state index in [1.54, 1.807) is 30.3 Å². The van der Waals surface area contributed by atoms with Crippen molar-refractivity contribution in [2.45, 2.75) is 30.3 Å². The standard InChI is InChI=1S/C16H19NO6S/c18-15(23-14-8-11-22-16(14)19)12-6-9-17(10-7-12)24(20,21)13-4-2-1-3-5-13/h1-5,12,14H,6-11H2/t14-/m1/s1. The lowest BCUT2D eigenvalue weighted by molar-refractivity contribution is -0.164. The molecule has 0 aromatic heterocycles. The largest absolute Gasteiger partial charge is 0.463 e. The average Bonchev–Trinajstić information content (AvgIpc) is 3.00. The number of hydrogen-bond donors (Lipinski definition) is 0. The summed E-state index contributed by atoms with van der Waals surface area (Å²) >= 11 is 0. The number of rotatable bonds is 4. The Balaban J connectivity index is 1.57. The summed E-state index contributed by atoms with van der Waals surface area (Å²) in [5.74, 6) is -1.34. The van der Waals surface area contributed by atoms with Crippen LogP contribution < -0.4 is 0 Å². The molecule has 0 amide bonds. The Morgan fingerprint density at radius 3 is 2.38 bits per heavy atom. The zero-order chi connectivity index (χ0) is 17.2. The van der Waals surface area contributed by atoms with E-state index in [-0.39, 0.29) is 30.5 Å². The minimum Gasteiger partial charge on any atom is -0.463 e. The summed E-state index contributed by atoms with van der Waals surface area (Å²) in [5, 5.41) is 0. The van der Waals surface area contributed by atoms with E-state index in [0.29, 0.717) is 19.3 Å². The SMILES string of the molecule is O=C(O[C@@H]1CCOC1=O)C1CCN(S(=O)(=O)c2ccccc2)CC1. The summed E-state index contributed by atoms with van der Waals surface area (Å²) in [7, 11) is -3.54. The first-order chi connectivity index (χ1) is 11.5. The van der Waals surface area contributed by atoms with Crippen molar-refractivity contribution < 1.29 is 27.5 Å². The van der Waals surface area contributed by atoms with Crippen molar-refractivity contribution in [3.8, 4) is 0 Å². The quantitative estimate of drug-likeness (QED) is 0.749. The van der Waals surface area contributed by atoms with Crippen LogP contribution in [0.2, 0.25) is 0 Å². The van der Waals surface area contributed by atoms with Gasteiger partial charge in [-0.1, -0.05) is 18.2 Å². The Bertz CT molecular complexity index is 709. The van der Waals surface area contributed by atoms with E-state index in [0.717, 1.165) is 0 Å². The molecule has 8 heteroatoms. The molecule has 2 aliphatic rings. The number of carbonyl (C=O) groups excluding carboxylic acids is 2. The fourth-order valence-corrected chi connectivity index (χ4v) is 4.38. The molecule has 2 fully saturated rings. The second-order valence-corrected chi connectivity index (χ2v) is 7.81. The molecule has 24 heavy (non-hydrogen) atoms. The van der Waals surface area contributed by atoms with Gasteiger partial charge in [-0.05, 0) is 25.0 Å². The predicted octanol–water partition coefficient (Wildman–Crippen LogP) is 0.946. The summed E-state index contributed by atoms with van der Waals surface area (Å²) in [4.78, 5) is 23.7. The van der Waals surface area contributed by atoms with Crippen LogP contribution >= 0.6 is 0 Å². The van der Waals surface area contributed by atoms with Gasteiger partial charge in [0.2, 0.25) is 16.1 Å². The second kappa shape index (κ2) is 6.90. The molecule has 0 unspecified atom stereocenters. The van der Waals surface area contributed by atoms with Crippen LogP contribution in [0.15, 0.2) is 35.2 Å². The normalized spacial score (nSPS) is 23.0. The van der Waals surface area contributed by atoms with Gasteiger partial charge in [0, 0.05) is 19.5 Å². The van der Waals surface area contributed by atoms with Crippen molar-refractivity contribution in [3.63, 3.8) is 0 Å². The Morgan fingerprint density at radius 2 is 1.79 bits per heavy atom. The first-order valence-corrected chi connectivity index (χ1v) is 9.35. The Morgan fingerprint density at radius 1 is 1.12 bits per heavy atom. The zero-order valence-corrected chi connectivity index (χ0v) is 13.9. The van der Waals surface area contributed by atoms with E-state index >= 15 is 0 Å². The lowest BCUT2D eigenvalue weighted by Gasteiger charge is -2.30. The van der Waals surface area contributed by atoms with E-state index in [4.69, 9.17) is 9.47 Å². The summed E-state index contributed by atoms with van der Waals surface area (Å²) in [6, 6.07) is 8.23. The maximum absolute atomic E-state index is 12.5. The first kappa shape index (κ1) is 16.9. The maximum atomic E-state index is 12.5. The molecular formula is C16H19NO6S. The molecule has 2 heterocycles. The molecule has 0 aliphatic carbocycles. The van der Waals surface area contributed by atoms with Crippen molar-refractivity contribution >= 4 is 22.0 Å². The minimum absolute atomic E-state index is 0.250. The molecule has 0 N–H and O–H groups in total. The minimum atomic E-state index is -3.54. The first-order valence-electron chi connectivity index (χ1n) is 7.91. The highest BCUT2D eigenvalue weighted by Gasteiger charge is 2.36.